The minimum atomic E-state index is -1.72. The van der Waals surface area contributed by atoms with Crippen molar-refractivity contribution in [3.63, 3.8) is 0 Å². The van der Waals surface area contributed by atoms with Crippen molar-refractivity contribution in [3.8, 4) is 0 Å². The van der Waals surface area contributed by atoms with Crippen LogP contribution in [-0.2, 0) is 9.59 Å². The SMILES string of the molecule is CC1(C(=O)O)CC(C(=O)c2ccc(C(=O)O)cc2)=CC=C1C(=O)O. The predicted octanol–water partition coefficient (Wildman–Crippen LogP) is 2.00. The van der Waals surface area contributed by atoms with E-state index in [2.05, 4.69) is 0 Å². The Morgan fingerprint density at radius 2 is 1.42 bits per heavy atom. The molecular weight excluding hydrogens is 316 g/mol. The van der Waals surface area contributed by atoms with Gasteiger partial charge in [-0.3, -0.25) is 9.59 Å². The van der Waals surface area contributed by atoms with Gasteiger partial charge in [-0.1, -0.05) is 24.3 Å². The Kier molecular flexibility index (Phi) is 4.37. The maximum atomic E-state index is 12.5. The van der Waals surface area contributed by atoms with Crippen LogP contribution in [0.25, 0.3) is 0 Å². The molecular formula is C17H14O7. The van der Waals surface area contributed by atoms with E-state index in [0.717, 1.165) is 6.08 Å². The van der Waals surface area contributed by atoms with Crippen LogP contribution in [0.5, 0.6) is 0 Å². The Balaban J connectivity index is 2.38. The number of allylic oxidation sites excluding steroid dienone is 3. The highest BCUT2D eigenvalue weighted by Crippen LogP contribution is 2.39. The molecule has 1 aromatic carbocycles. The van der Waals surface area contributed by atoms with Crippen LogP contribution in [0, 0.1) is 5.41 Å². The van der Waals surface area contributed by atoms with Crippen molar-refractivity contribution in [2.24, 2.45) is 5.41 Å². The lowest BCUT2D eigenvalue weighted by molar-refractivity contribution is -0.149. The van der Waals surface area contributed by atoms with E-state index in [1.807, 2.05) is 0 Å². The van der Waals surface area contributed by atoms with E-state index >= 15 is 0 Å². The molecule has 0 bridgehead atoms. The Morgan fingerprint density at radius 1 is 0.875 bits per heavy atom. The largest absolute Gasteiger partial charge is 0.481 e. The van der Waals surface area contributed by atoms with Crippen molar-refractivity contribution in [1.29, 1.82) is 0 Å². The number of aromatic carboxylic acids is 1. The Morgan fingerprint density at radius 3 is 1.88 bits per heavy atom. The summed E-state index contributed by atoms with van der Waals surface area (Å²) in [5.41, 5.74) is -1.65. The number of ketones is 1. The number of hydrogen-bond donors (Lipinski definition) is 3. The molecule has 124 valence electrons. The van der Waals surface area contributed by atoms with Crippen LogP contribution < -0.4 is 0 Å². The lowest BCUT2D eigenvalue weighted by atomic mass is 9.72. The minimum Gasteiger partial charge on any atom is -0.481 e. The van der Waals surface area contributed by atoms with Gasteiger partial charge in [0.1, 0.15) is 5.41 Å². The second-order valence-corrected chi connectivity index (χ2v) is 5.60. The molecule has 0 saturated carbocycles. The van der Waals surface area contributed by atoms with Gasteiger partial charge < -0.3 is 15.3 Å². The van der Waals surface area contributed by atoms with Gasteiger partial charge in [0, 0.05) is 11.1 Å². The fourth-order valence-corrected chi connectivity index (χ4v) is 2.51. The molecule has 0 radical (unpaired) electrons. The van der Waals surface area contributed by atoms with Gasteiger partial charge in [-0.15, -0.1) is 0 Å². The second kappa shape index (κ2) is 6.11. The number of carboxylic acid groups (broad SMARTS) is 3. The standard InChI is InChI=1S/C17H14O7/c1-17(16(23)24)8-11(6-7-12(17)15(21)22)13(18)9-2-4-10(5-3-9)14(19)20/h2-7H,8H2,1H3,(H,19,20)(H,21,22)(H,23,24). The zero-order valence-corrected chi connectivity index (χ0v) is 12.6. The summed E-state index contributed by atoms with van der Waals surface area (Å²) in [7, 11) is 0. The number of aliphatic carboxylic acids is 2. The average molecular weight is 330 g/mol. The summed E-state index contributed by atoms with van der Waals surface area (Å²) in [6, 6.07) is 5.21. The smallest absolute Gasteiger partial charge is 0.335 e. The molecule has 2 rings (SSSR count). The number of carbonyl (C=O) groups excluding carboxylic acids is 1. The summed E-state index contributed by atoms with van der Waals surface area (Å²) in [6.07, 6.45) is 2.15. The van der Waals surface area contributed by atoms with Gasteiger partial charge in [-0.25, -0.2) is 9.59 Å². The van der Waals surface area contributed by atoms with Crippen molar-refractivity contribution in [3.05, 3.63) is 58.7 Å². The highest BCUT2D eigenvalue weighted by Gasteiger charge is 2.44. The third-order valence-electron chi connectivity index (χ3n) is 3.98. The minimum absolute atomic E-state index is 0.0209. The van der Waals surface area contributed by atoms with E-state index in [1.165, 1.54) is 37.3 Å². The summed E-state index contributed by atoms with van der Waals surface area (Å²) >= 11 is 0. The number of carbonyl (C=O) groups is 4. The average Bonchev–Trinajstić information content (AvgIpc) is 2.53. The van der Waals surface area contributed by atoms with E-state index in [9.17, 15) is 24.3 Å². The van der Waals surface area contributed by atoms with E-state index in [4.69, 9.17) is 10.2 Å². The number of carboxylic acids is 3. The van der Waals surface area contributed by atoms with Crippen molar-refractivity contribution in [1.82, 2.24) is 0 Å². The van der Waals surface area contributed by atoms with Gasteiger partial charge in [0.2, 0.25) is 0 Å². The first-order chi connectivity index (χ1) is 11.2. The molecule has 0 amide bonds. The molecule has 0 aliphatic heterocycles. The Labute approximate surface area is 136 Å². The molecule has 1 aliphatic carbocycles. The van der Waals surface area contributed by atoms with E-state index in [0.29, 0.717) is 0 Å². The van der Waals surface area contributed by atoms with Crippen molar-refractivity contribution >= 4 is 23.7 Å². The normalized spacial score (nSPS) is 19.9. The summed E-state index contributed by atoms with van der Waals surface area (Å²) in [5, 5.41) is 27.4. The maximum absolute atomic E-state index is 12.5. The Hall–Kier alpha value is -3.22. The monoisotopic (exact) mass is 330 g/mol. The first-order valence-corrected chi connectivity index (χ1v) is 6.93. The molecule has 0 saturated heterocycles. The van der Waals surface area contributed by atoms with Crippen molar-refractivity contribution < 1.29 is 34.5 Å². The Bertz CT molecular complexity index is 799. The number of hydrogen-bond acceptors (Lipinski definition) is 4. The quantitative estimate of drug-likeness (QED) is 0.704. The molecule has 1 atom stereocenters. The van der Waals surface area contributed by atoms with Crippen LogP contribution in [0.15, 0.2) is 47.6 Å². The highest BCUT2D eigenvalue weighted by molar-refractivity contribution is 6.11. The molecule has 0 spiro atoms. The van der Waals surface area contributed by atoms with Gasteiger partial charge in [0.05, 0.1) is 11.1 Å². The predicted molar refractivity (Wildman–Crippen MR) is 81.9 cm³/mol. The lowest BCUT2D eigenvalue weighted by Crippen LogP contribution is -2.36. The lowest BCUT2D eigenvalue weighted by Gasteiger charge is -2.29. The molecule has 0 heterocycles. The third-order valence-corrected chi connectivity index (χ3v) is 3.98. The van der Waals surface area contributed by atoms with Gasteiger partial charge >= 0.3 is 17.9 Å². The first kappa shape index (κ1) is 17.1. The van der Waals surface area contributed by atoms with Crippen LogP contribution in [0.3, 0.4) is 0 Å². The summed E-state index contributed by atoms with van der Waals surface area (Å²) < 4.78 is 0. The molecule has 7 nitrogen and oxygen atoms in total. The molecule has 0 fully saturated rings. The van der Waals surface area contributed by atoms with E-state index in [1.54, 1.807) is 0 Å². The van der Waals surface area contributed by atoms with Crippen molar-refractivity contribution in [2.45, 2.75) is 13.3 Å². The van der Waals surface area contributed by atoms with Crippen LogP contribution in [-0.4, -0.2) is 39.0 Å². The topological polar surface area (TPSA) is 129 Å². The van der Waals surface area contributed by atoms with Gasteiger partial charge in [0.25, 0.3) is 0 Å². The first-order valence-electron chi connectivity index (χ1n) is 6.93. The fraction of sp³-hybridized carbons (Fsp3) is 0.176. The summed E-state index contributed by atoms with van der Waals surface area (Å²) in [5.74, 6) is -4.29. The van der Waals surface area contributed by atoms with E-state index < -0.39 is 29.1 Å². The maximum Gasteiger partial charge on any atom is 0.335 e. The summed E-state index contributed by atoms with van der Waals surface area (Å²) in [6.45, 7) is 1.25. The molecule has 7 heteroatoms. The molecule has 3 N–H and O–H groups in total. The van der Waals surface area contributed by atoms with Crippen LogP contribution in [0.4, 0.5) is 0 Å². The van der Waals surface area contributed by atoms with Crippen LogP contribution >= 0.6 is 0 Å². The molecule has 1 aromatic rings. The number of benzene rings is 1. The van der Waals surface area contributed by atoms with E-state index in [-0.39, 0.29) is 28.7 Å². The zero-order chi connectivity index (χ0) is 18.1. The number of rotatable bonds is 5. The van der Waals surface area contributed by atoms with Gasteiger partial charge in [-0.2, -0.15) is 0 Å². The van der Waals surface area contributed by atoms with Crippen LogP contribution in [0.1, 0.15) is 34.1 Å². The molecule has 24 heavy (non-hydrogen) atoms. The summed E-state index contributed by atoms with van der Waals surface area (Å²) in [4.78, 5) is 46.0. The fourth-order valence-electron chi connectivity index (χ4n) is 2.51. The molecule has 1 unspecified atom stereocenters. The second-order valence-electron chi connectivity index (χ2n) is 5.60. The van der Waals surface area contributed by atoms with Crippen molar-refractivity contribution in [2.75, 3.05) is 0 Å². The van der Waals surface area contributed by atoms with Gasteiger partial charge in [-0.05, 0) is 25.5 Å². The number of Topliss-reactive ketones (excluding diaryl/α,β-unsaturated/α-hetero) is 1. The zero-order valence-electron chi connectivity index (χ0n) is 12.6. The molecule has 1 aliphatic rings. The third kappa shape index (κ3) is 2.96. The van der Waals surface area contributed by atoms with Gasteiger partial charge in [0.15, 0.2) is 5.78 Å². The highest BCUT2D eigenvalue weighted by atomic mass is 16.4. The van der Waals surface area contributed by atoms with Crippen LogP contribution in [0.2, 0.25) is 0 Å². The molecule has 0 aromatic heterocycles.